The molecule has 1 aromatic rings. The van der Waals surface area contributed by atoms with Crippen LogP contribution in [0.4, 0.5) is 0 Å². The molecule has 0 spiro atoms. The quantitative estimate of drug-likeness (QED) is 0.884. The van der Waals surface area contributed by atoms with Crippen LogP contribution in [0.2, 0.25) is 0 Å². The van der Waals surface area contributed by atoms with Crippen molar-refractivity contribution in [2.45, 2.75) is 51.1 Å². The summed E-state index contributed by atoms with van der Waals surface area (Å²) in [4.78, 5) is 2.56. The van der Waals surface area contributed by atoms with Crippen molar-refractivity contribution in [2.24, 2.45) is 5.73 Å². The maximum absolute atomic E-state index is 6.50. The molecule has 0 amide bonds. The van der Waals surface area contributed by atoms with Gasteiger partial charge in [0.2, 0.25) is 0 Å². The maximum Gasteiger partial charge on any atom is 0.0233 e. The highest BCUT2D eigenvalue weighted by molar-refractivity contribution is 5.14. The molecule has 1 fully saturated rings. The summed E-state index contributed by atoms with van der Waals surface area (Å²) in [5.74, 6) is 0. The van der Waals surface area contributed by atoms with E-state index >= 15 is 0 Å². The van der Waals surface area contributed by atoms with Gasteiger partial charge in [-0.05, 0) is 37.8 Å². The van der Waals surface area contributed by atoms with Gasteiger partial charge in [0, 0.05) is 18.6 Å². The van der Waals surface area contributed by atoms with E-state index in [1.54, 1.807) is 0 Å². The Balaban J connectivity index is 1.89. The van der Waals surface area contributed by atoms with E-state index in [2.05, 4.69) is 42.2 Å². The lowest BCUT2D eigenvalue weighted by molar-refractivity contribution is 0.264. The summed E-state index contributed by atoms with van der Waals surface area (Å²) in [6.07, 6.45) is 5.95. The molecule has 1 aliphatic rings. The molecule has 0 bridgehead atoms. The van der Waals surface area contributed by atoms with E-state index in [0.717, 1.165) is 19.5 Å². The molecule has 0 aromatic heterocycles. The Morgan fingerprint density at radius 2 is 1.94 bits per heavy atom. The maximum atomic E-state index is 6.50. The number of likely N-dealkylation sites (tertiary alicyclic amines) is 1. The Kier molecular flexibility index (Phi) is 4.79. The normalized spacial score (nSPS) is 25.9. The third-order valence-electron chi connectivity index (χ3n) is 4.07. The Labute approximate surface area is 111 Å². The monoisotopic (exact) mass is 246 g/mol. The van der Waals surface area contributed by atoms with Crippen molar-refractivity contribution in [1.29, 1.82) is 0 Å². The van der Waals surface area contributed by atoms with Gasteiger partial charge in [-0.2, -0.15) is 0 Å². The van der Waals surface area contributed by atoms with Crippen molar-refractivity contribution in [3.05, 3.63) is 35.9 Å². The van der Waals surface area contributed by atoms with Crippen LogP contribution in [0.5, 0.6) is 0 Å². The first kappa shape index (κ1) is 13.6. The fourth-order valence-electron chi connectivity index (χ4n) is 3.02. The fourth-order valence-corrected chi connectivity index (χ4v) is 3.02. The standard InChI is InChI=1S/C16H26N2/c1-2-9-16(17)10-6-12-18(13-11-16)14-15-7-4-3-5-8-15/h3-5,7-8H,2,6,9-14,17H2,1H3. The summed E-state index contributed by atoms with van der Waals surface area (Å²) in [5.41, 5.74) is 8.01. The van der Waals surface area contributed by atoms with Gasteiger partial charge in [0.1, 0.15) is 0 Å². The predicted molar refractivity (Wildman–Crippen MR) is 77.4 cm³/mol. The molecule has 0 radical (unpaired) electrons. The van der Waals surface area contributed by atoms with Gasteiger partial charge in [-0.3, -0.25) is 4.90 Å². The van der Waals surface area contributed by atoms with E-state index in [-0.39, 0.29) is 5.54 Å². The van der Waals surface area contributed by atoms with Crippen molar-refractivity contribution in [2.75, 3.05) is 13.1 Å². The van der Waals surface area contributed by atoms with E-state index in [9.17, 15) is 0 Å². The van der Waals surface area contributed by atoms with Gasteiger partial charge < -0.3 is 5.73 Å². The van der Waals surface area contributed by atoms with Gasteiger partial charge in [-0.1, -0.05) is 43.7 Å². The minimum Gasteiger partial charge on any atom is -0.325 e. The van der Waals surface area contributed by atoms with Crippen LogP contribution in [0, 0.1) is 0 Å². The highest BCUT2D eigenvalue weighted by Gasteiger charge is 2.27. The Bertz CT molecular complexity index is 349. The molecule has 1 aromatic carbocycles. The lowest BCUT2D eigenvalue weighted by atomic mass is 9.87. The van der Waals surface area contributed by atoms with Gasteiger partial charge in [-0.15, -0.1) is 0 Å². The van der Waals surface area contributed by atoms with Crippen LogP contribution in [0.1, 0.15) is 44.6 Å². The second-order valence-corrected chi connectivity index (χ2v) is 5.73. The molecule has 1 aliphatic heterocycles. The van der Waals surface area contributed by atoms with Crippen molar-refractivity contribution < 1.29 is 0 Å². The van der Waals surface area contributed by atoms with Crippen LogP contribution in [-0.2, 0) is 6.54 Å². The molecule has 2 rings (SSSR count). The molecule has 2 nitrogen and oxygen atoms in total. The second-order valence-electron chi connectivity index (χ2n) is 5.73. The van der Waals surface area contributed by atoms with Gasteiger partial charge in [0.15, 0.2) is 0 Å². The molecule has 0 saturated carbocycles. The van der Waals surface area contributed by atoms with Crippen molar-refractivity contribution in [3.63, 3.8) is 0 Å². The number of nitrogens with zero attached hydrogens (tertiary/aromatic N) is 1. The molecular formula is C16H26N2. The molecular weight excluding hydrogens is 220 g/mol. The smallest absolute Gasteiger partial charge is 0.0233 e. The zero-order valence-electron chi connectivity index (χ0n) is 11.6. The summed E-state index contributed by atoms with van der Waals surface area (Å²) in [6, 6.07) is 10.8. The molecule has 18 heavy (non-hydrogen) atoms. The predicted octanol–water partition coefficient (Wildman–Crippen LogP) is 3.17. The average molecular weight is 246 g/mol. The largest absolute Gasteiger partial charge is 0.325 e. The van der Waals surface area contributed by atoms with Crippen LogP contribution in [0.15, 0.2) is 30.3 Å². The number of rotatable bonds is 4. The Morgan fingerprint density at radius 1 is 1.17 bits per heavy atom. The van der Waals surface area contributed by atoms with Gasteiger partial charge >= 0.3 is 0 Å². The zero-order chi connectivity index (χ0) is 12.8. The first-order valence-electron chi connectivity index (χ1n) is 7.27. The van der Waals surface area contributed by atoms with Crippen LogP contribution in [-0.4, -0.2) is 23.5 Å². The van der Waals surface area contributed by atoms with Gasteiger partial charge in [0.05, 0.1) is 0 Å². The van der Waals surface area contributed by atoms with Crippen LogP contribution in [0.25, 0.3) is 0 Å². The molecule has 1 unspecified atom stereocenters. The Hall–Kier alpha value is -0.860. The highest BCUT2D eigenvalue weighted by atomic mass is 15.1. The molecule has 1 heterocycles. The van der Waals surface area contributed by atoms with E-state index in [1.807, 2.05) is 0 Å². The molecule has 2 N–H and O–H groups in total. The van der Waals surface area contributed by atoms with E-state index in [1.165, 1.54) is 37.8 Å². The zero-order valence-corrected chi connectivity index (χ0v) is 11.6. The number of nitrogens with two attached hydrogens (primary N) is 1. The van der Waals surface area contributed by atoms with E-state index in [4.69, 9.17) is 5.73 Å². The van der Waals surface area contributed by atoms with Gasteiger partial charge in [0.25, 0.3) is 0 Å². The third kappa shape index (κ3) is 3.82. The Morgan fingerprint density at radius 3 is 2.67 bits per heavy atom. The highest BCUT2D eigenvalue weighted by Crippen LogP contribution is 2.25. The van der Waals surface area contributed by atoms with E-state index < -0.39 is 0 Å². The minimum absolute atomic E-state index is 0.0974. The summed E-state index contributed by atoms with van der Waals surface area (Å²) in [6.45, 7) is 5.65. The van der Waals surface area contributed by atoms with Crippen LogP contribution >= 0.6 is 0 Å². The lowest BCUT2D eigenvalue weighted by Gasteiger charge is -2.27. The second kappa shape index (κ2) is 6.35. The molecule has 100 valence electrons. The SMILES string of the molecule is CCCC1(N)CCCN(Cc2ccccc2)CC1. The lowest BCUT2D eigenvalue weighted by Crippen LogP contribution is -2.40. The number of benzene rings is 1. The molecule has 0 aliphatic carbocycles. The van der Waals surface area contributed by atoms with Crippen molar-refractivity contribution >= 4 is 0 Å². The van der Waals surface area contributed by atoms with Gasteiger partial charge in [-0.25, -0.2) is 0 Å². The van der Waals surface area contributed by atoms with Crippen LogP contribution in [0.3, 0.4) is 0 Å². The van der Waals surface area contributed by atoms with Crippen LogP contribution < -0.4 is 5.73 Å². The first-order valence-corrected chi connectivity index (χ1v) is 7.27. The molecule has 1 atom stereocenters. The number of hydrogen-bond donors (Lipinski definition) is 1. The summed E-state index contributed by atoms with van der Waals surface area (Å²) >= 11 is 0. The van der Waals surface area contributed by atoms with E-state index in [0.29, 0.717) is 0 Å². The summed E-state index contributed by atoms with van der Waals surface area (Å²) in [5, 5.41) is 0. The topological polar surface area (TPSA) is 29.3 Å². The minimum atomic E-state index is 0.0974. The van der Waals surface area contributed by atoms with Crippen molar-refractivity contribution in [1.82, 2.24) is 4.90 Å². The molecule has 2 heteroatoms. The third-order valence-corrected chi connectivity index (χ3v) is 4.07. The number of hydrogen-bond acceptors (Lipinski definition) is 2. The first-order chi connectivity index (χ1) is 8.72. The fraction of sp³-hybridized carbons (Fsp3) is 0.625. The summed E-state index contributed by atoms with van der Waals surface area (Å²) < 4.78 is 0. The molecule has 1 saturated heterocycles. The summed E-state index contributed by atoms with van der Waals surface area (Å²) in [7, 11) is 0. The average Bonchev–Trinajstić information content (AvgIpc) is 2.54. The van der Waals surface area contributed by atoms with Crippen molar-refractivity contribution in [3.8, 4) is 0 Å².